The zero-order valence-electron chi connectivity index (χ0n) is 13.3. The molecule has 0 aliphatic heterocycles. The minimum atomic E-state index is 0.498. The van der Waals surface area contributed by atoms with Gasteiger partial charge >= 0.3 is 0 Å². The van der Waals surface area contributed by atoms with Crippen molar-refractivity contribution in [3.63, 3.8) is 0 Å². The van der Waals surface area contributed by atoms with E-state index in [1.165, 1.54) is 44.9 Å². The first-order valence-electron chi connectivity index (χ1n) is 8.43. The van der Waals surface area contributed by atoms with E-state index in [2.05, 4.69) is 21.4 Å². The summed E-state index contributed by atoms with van der Waals surface area (Å²) < 4.78 is 0. The lowest BCUT2D eigenvalue weighted by Crippen LogP contribution is -2.23. The largest absolute Gasteiger partial charge is 0.367 e. The molecule has 23 heavy (non-hydrogen) atoms. The average molecular weight is 309 g/mol. The molecule has 0 amide bonds. The lowest BCUT2D eigenvalue weighted by molar-refractivity contribution is 0.462. The molecule has 4 rings (SSSR count). The molecule has 0 atom stereocenters. The zero-order valence-corrected chi connectivity index (χ0v) is 13.3. The maximum Gasteiger partial charge on any atom is 0.137 e. The first-order valence-corrected chi connectivity index (χ1v) is 8.43. The van der Waals surface area contributed by atoms with Gasteiger partial charge in [-0.3, -0.25) is 0 Å². The molecule has 1 heterocycles. The molecule has 5 nitrogen and oxygen atoms in total. The van der Waals surface area contributed by atoms with E-state index in [9.17, 15) is 0 Å². The molecule has 2 saturated carbocycles. The lowest BCUT2D eigenvalue weighted by Gasteiger charge is -2.23. The van der Waals surface area contributed by atoms with Crippen molar-refractivity contribution in [2.24, 2.45) is 5.73 Å². The number of nitrogens with two attached hydrogens (primary N) is 1. The van der Waals surface area contributed by atoms with Gasteiger partial charge in [-0.15, -0.1) is 0 Å². The third-order valence-corrected chi connectivity index (χ3v) is 4.33. The third-order valence-electron chi connectivity index (χ3n) is 4.33. The molecule has 2 aromatic rings. The molecule has 2 aliphatic carbocycles. The van der Waals surface area contributed by atoms with Crippen LogP contribution in [0.2, 0.25) is 0 Å². The van der Waals surface area contributed by atoms with Gasteiger partial charge in [-0.25, -0.2) is 9.97 Å². The van der Waals surface area contributed by atoms with Gasteiger partial charge in [-0.05, 0) is 43.9 Å². The van der Waals surface area contributed by atoms with Crippen molar-refractivity contribution in [2.45, 2.75) is 57.0 Å². The highest BCUT2D eigenvalue weighted by molar-refractivity contribution is 5.89. The van der Waals surface area contributed by atoms with Gasteiger partial charge in [-0.1, -0.05) is 19.3 Å². The van der Waals surface area contributed by atoms with Crippen molar-refractivity contribution in [3.05, 3.63) is 30.1 Å². The van der Waals surface area contributed by atoms with Crippen LogP contribution < -0.4 is 11.1 Å². The Kier molecular flexibility index (Phi) is 5.04. The number of nitrogens with one attached hydrogen (secondary N) is 1. The van der Waals surface area contributed by atoms with Gasteiger partial charge in [0.2, 0.25) is 0 Å². The maximum absolute atomic E-state index is 9.00. The van der Waals surface area contributed by atoms with Crippen LogP contribution in [-0.4, -0.2) is 22.1 Å². The molecule has 0 radical (unpaired) electrons. The molecular weight excluding hydrogens is 286 g/mol. The number of anilines is 1. The van der Waals surface area contributed by atoms with Crippen molar-refractivity contribution < 1.29 is 0 Å². The van der Waals surface area contributed by atoms with Crippen molar-refractivity contribution in [2.75, 3.05) is 5.32 Å². The Balaban J connectivity index is 0.000000341. The molecule has 1 aromatic heterocycles. The SMILES string of the molecule is N#Cc1ccc2ncnc(NC3CCCCC3)c2c1.NC1CC1. The van der Waals surface area contributed by atoms with Crippen LogP contribution in [0, 0.1) is 11.3 Å². The van der Waals surface area contributed by atoms with Gasteiger partial charge in [-0.2, -0.15) is 5.26 Å². The fraction of sp³-hybridized carbons (Fsp3) is 0.500. The standard InChI is InChI=1S/C15H16N4.C3H7N/c16-9-11-6-7-14-13(8-11)15(18-10-17-14)19-12-4-2-1-3-5-12;4-3-1-2-3/h6-8,10,12H,1-5H2,(H,17,18,19);3H,1-2,4H2. The van der Waals surface area contributed by atoms with Crippen molar-refractivity contribution in [3.8, 4) is 6.07 Å². The number of nitrogens with zero attached hydrogens (tertiary/aromatic N) is 3. The van der Waals surface area contributed by atoms with Crippen LogP contribution in [0.5, 0.6) is 0 Å². The third kappa shape index (κ3) is 4.40. The van der Waals surface area contributed by atoms with Crippen molar-refractivity contribution in [1.82, 2.24) is 9.97 Å². The molecule has 1 aromatic carbocycles. The zero-order chi connectivity index (χ0) is 16.1. The van der Waals surface area contributed by atoms with Crippen LogP contribution in [0.15, 0.2) is 24.5 Å². The quantitative estimate of drug-likeness (QED) is 0.888. The van der Waals surface area contributed by atoms with Gasteiger partial charge in [0.15, 0.2) is 0 Å². The number of hydrogen-bond acceptors (Lipinski definition) is 5. The number of aromatic nitrogens is 2. The van der Waals surface area contributed by atoms with Gasteiger partial charge in [0, 0.05) is 17.5 Å². The Bertz CT molecular complexity index is 696. The molecule has 3 N–H and O–H groups in total. The molecule has 2 fully saturated rings. The van der Waals surface area contributed by atoms with Crippen molar-refractivity contribution >= 4 is 16.7 Å². The van der Waals surface area contributed by atoms with Crippen LogP contribution in [-0.2, 0) is 0 Å². The van der Waals surface area contributed by atoms with Crippen LogP contribution in [0.25, 0.3) is 10.9 Å². The minimum absolute atomic E-state index is 0.498. The van der Waals surface area contributed by atoms with E-state index in [-0.39, 0.29) is 0 Å². The summed E-state index contributed by atoms with van der Waals surface area (Å²) in [5.74, 6) is 0.856. The minimum Gasteiger partial charge on any atom is -0.367 e. The summed E-state index contributed by atoms with van der Waals surface area (Å²) in [4.78, 5) is 8.59. The first kappa shape index (κ1) is 15.7. The Labute approximate surface area is 136 Å². The van der Waals surface area contributed by atoms with E-state index < -0.39 is 0 Å². The van der Waals surface area contributed by atoms with E-state index in [1.54, 1.807) is 12.4 Å². The molecular formula is C18H23N5. The molecule has 0 bridgehead atoms. The van der Waals surface area contributed by atoms with Gasteiger partial charge in [0.05, 0.1) is 17.1 Å². The van der Waals surface area contributed by atoms with E-state index in [1.807, 2.05) is 12.1 Å². The van der Waals surface area contributed by atoms with Crippen LogP contribution in [0.1, 0.15) is 50.5 Å². The van der Waals surface area contributed by atoms with E-state index in [0.717, 1.165) is 16.7 Å². The number of benzene rings is 1. The second-order valence-corrected chi connectivity index (χ2v) is 6.38. The van der Waals surface area contributed by atoms with Crippen LogP contribution >= 0.6 is 0 Å². The summed E-state index contributed by atoms with van der Waals surface area (Å²) in [7, 11) is 0. The highest BCUT2D eigenvalue weighted by atomic mass is 15.0. The summed E-state index contributed by atoms with van der Waals surface area (Å²) in [6.45, 7) is 0. The van der Waals surface area contributed by atoms with E-state index >= 15 is 0 Å². The predicted octanol–water partition coefficient (Wildman–Crippen LogP) is 3.35. The molecule has 120 valence electrons. The number of hydrogen-bond donors (Lipinski definition) is 2. The summed E-state index contributed by atoms with van der Waals surface area (Å²) in [5.41, 5.74) is 6.75. The maximum atomic E-state index is 9.00. The smallest absolute Gasteiger partial charge is 0.137 e. The van der Waals surface area contributed by atoms with E-state index in [4.69, 9.17) is 11.0 Å². The molecule has 5 heteroatoms. The predicted molar refractivity (Wildman–Crippen MR) is 92.0 cm³/mol. The van der Waals surface area contributed by atoms with Gasteiger partial charge < -0.3 is 11.1 Å². The van der Waals surface area contributed by atoms with Crippen molar-refractivity contribution in [1.29, 1.82) is 5.26 Å². The summed E-state index contributed by atoms with van der Waals surface area (Å²) in [6, 6.07) is 8.78. The Morgan fingerprint density at radius 3 is 2.48 bits per heavy atom. The Morgan fingerprint density at radius 1 is 1.09 bits per heavy atom. The highest BCUT2D eigenvalue weighted by Crippen LogP contribution is 2.25. The number of nitriles is 1. The number of rotatable bonds is 2. The molecule has 2 aliphatic rings. The molecule has 0 spiro atoms. The monoisotopic (exact) mass is 309 g/mol. The van der Waals surface area contributed by atoms with Gasteiger partial charge in [0.25, 0.3) is 0 Å². The normalized spacial score (nSPS) is 17.9. The van der Waals surface area contributed by atoms with Crippen LogP contribution in [0.3, 0.4) is 0 Å². The van der Waals surface area contributed by atoms with Gasteiger partial charge in [0.1, 0.15) is 12.1 Å². The molecule has 0 unspecified atom stereocenters. The molecule has 0 saturated heterocycles. The second kappa shape index (κ2) is 7.38. The Hall–Kier alpha value is -2.19. The topological polar surface area (TPSA) is 87.6 Å². The second-order valence-electron chi connectivity index (χ2n) is 6.38. The lowest BCUT2D eigenvalue weighted by atomic mass is 9.95. The summed E-state index contributed by atoms with van der Waals surface area (Å²) in [6.07, 6.45) is 10.4. The first-order chi connectivity index (χ1) is 11.3. The summed E-state index contributed by atoms with van der Waals surface area (Å²) in [5, 5.41) is 13.4. The fourth-order valence-corrected chi connectivity index (χ4v) is 2.78. The highest BCUT2D eigenvalue weighted by Gasteiger charge is 2.15. The fourth-order valence-electron chi connectivity index (χ4n) is 2.78. The van der Waals surface area contributed by atoms with E-state index in [0.29, 0.717) is 17.6 Å². The number of fused-ring (bicyclic) bond motifs is 1. The van der Waals surface area contributed by atoms with Crippen LogP contribution in [0.4, 0.5) is 5.82 Å². The summed E-state index contributed by atoms with van der Waals surface area (Å²) >= 11 is 0. The Morgan fingerprint density at radius 2 is 1.83 bits per heavy atom. The average Bonchev–Trinajstić information content (AvgIpc) is 3.38.